The number of nitriles is 2. The molecule has 0 aliphatic heterocycles. The maximum Gasteiger partial charge on any atom is 0.242 e. The van der Waals surface area contributed by atoms with E-state index in [1.807, 2.05) is 36.4 Å². The zero-order chi connectivity index (χ0) is 15.4. The maximum absolute atomic E-state index is 8.63. The van der Waals surface area contributed by atoms with Gasteiger partial charge in [-0.2, -0.15) is 20.8 Å². The lowest BCUT2D eigenvalue weighted by molar-refractivity contribution is 0.949. The van der Waals surface area contributed by atoms with Crippen LogP contribution in [0, 0.1) is 22.7 Å². The zero-order valence-corrected chi connectivity index (χ0v) is 12.2. The van der Waals surface area contributed by atoms with E-state index in [0.717, 1.165) is 20.8 Å². The van der Waals surface area contributed by atoms with E-state index >= 15 is 0 Å². The molecule has 5 nitrogen and oxygen atoms in total. The largest absolute Gasteiger partial charge is 0.242 e. The topological polar surface area (TPSA) is 85.2 Å². The molecular weight excluding hydrogens is 294 g/mol. The molecule has 0 spiro atoms. The van der Waals surface area contributed by atoms with Gasteiger partial charge in [-0.25, -0.2) is 4.98 Å². The van der Waals surface area contributed by atoms with Crippen molar-refractivity contribution in [1.82, 2.24) is 4.98 Å². The van der Waals surface area contributed by atoms with Crippen LogP contribution in [0.3, 0.4) is 0 Å². The van der Waals surface area contributed by atoms with Gasteiger partial charge in [0.05, 0.1) is 15.9 Å². The fraction of sp³-hybridized carbons (Fsp3) is 0.0625. The second-order valence-corrected chi connectivity index (χ2v) is 5.44. The summed E-state index contributed by atoms with van der Waals surface area (Å²) < 4.78 is 1.15. The van der Waals surface area contributed by atoms with Crippen molar-refractivity contribution < 1.29 is 0 Å². The average molecular weight is 303 g/mol. The number of rotatable bonds is 3. The minimum absolute atomic E-state index is 0.598. The second kappa shape index (κ2) is 6.13. The number of fused-ring (bicyclic) bond motifs is 1. The molecule has 0 saturated heterocycles. The Morgan fingerprint density at radius 3 is 2.41 bits per heavy atom. The molecule has 0 atom stereocenters. The van der Waals surface area contributed by atoms with Crippen LogP contribution in [-0.4, -0.2) is 11.0 Å². The summed E-state index contributed by atoms with van der Waals surface area (Å²) >= 11 is 1.63. The molecule has 3 aromatic rings. The molecule has 1 aromatic heterocycles. The van der Waals surface area contributed by atoms with Crippen LogP contribution in [0.25, 0.3) is 20.8 Å². The number of hydrogen-bond acceptors (Lipinski definition) is 6. The Balaban J connectivity index is 1.85. The van der Waals surface area contributed by atoms with E-state index in [1.54, 1.807) is 35.6 Å². The monoisotopic (exact) mass is 303 g/mol. The minimum atomic E-state index is -1.07. The SMILES string of the molecule is N#CC(C#N)N=Nc1ccc(-c2nc3ccccc3s2)cc1. The van der Waals surface area contributed by atoms with Crippen molar-refractivity contribution in [3.05, 3.63) is 48.5 Å². The highest BCUT2D eigenvalue weighted by atomic mass is 32.1. The van der Waals surface area contributed by atoms with Crippen molar-refractivity contribution in [1.29, 1.82) is 10.5 Å². The standard InChI is InChI=1S/C16H9N5S/c17-9-13(10-18)21-20-12-7-5-11(6-8-12)16-19-14-3-1-2-4-15(14)22-16/h1-8,13H. The molecule has 0 aliphatic rings. The van der Waals surface area contributed by atoms with Gasteiger partial charge < -0.3 is 0 Å². The molecule has 2 aromatic carbocycles. The van der Waals surface area contributed by atoms with Crippen LogP contribution in [0.1, 0.15) is 0 Å². The highest BCUT2D eigenvalue weighted by molar-refractivity contribution is 7.21. The molecule has 0 bridgehead atoms. The van der Waals surface area contributed by atoms with E-state index in [9.17, 15) is 0 Å². The van der Waals surface area contributed by atoms with Crippen LogP contribution in [0.15, 0.2) is 58.8 Å². The fourth-order valence-electron chi connectivity index (χ4n) is 1.87. The van der Waals surface area contributed by atoms with E-state index < -0.39 is 6.04 Å². The first-order valence-electron chi connectivity index (χ1n) is 6.46. The molecule has 6 heteroatoms. The zero-order valence-electron chi connectivity index (χ0n) is 11.3. The van der Waals surface area contributed by atoms with Crippen molar-refractivity contribution in [2.24, 2.45) is 10.2 Å². The number of nitrogens with zero attached hydrogens (tertiary/aromatic N) is 5. The van der Waals surface area contributed by atoms with Gasteiger partial charge >= 0.3 is 0 Å². The smallest absolute Gasteiger partial charge is 0.236 e. The summed E-state index contributed by atoms with van der Waals surface area (Å²) in [7, 11) is 0. The Kier molecular flexibility index (Phi) is 3.86. The van der Waals surface area contributed by atoms with Crippen LogP contribution >= 0.6 is 11.3 Å². The Morgan fingerprint density at radius 2 is 1.73 bits per heavy atom. The molecule has 0 N–H and O–H groups in total. The van der Waals surface area contributed by atoms with Crippen LogP contribution in [-0.2, 0) is 0 Å². The maximum atomic E-state index is 8.63. The Labute approximate surface area is 130 Å². The van der Waals surface area contributed by atoms with E-state index in [-0.39, 0.29) is 0 Å². The first-order chi connectivity index (χ1) is 10.8. The highest BCUT2D eigenvalue weighted by Gasteiger charge is 2.06. The van der Waals surface area contributed by atoms with E-state index in [4.69, 9.17) is 10.5 Å². The van der Waals surface area contributed by atoms with E-state index in [1.165, 1.54) is 0 Å². The van der Waals surface area contributed by atoms with E-state index in [2.05, 4.69) is 15.2 Å². The number of hydrogen-bond donors (Lipinski definition) is 0. The normalized spacial score (nSPS) is 10.9. The Bertz CT molecular complexity index is 865. The van der Waals surface area contributed by atoms with Crippen molar-refractivity contribution in [2.45, 2.75) is 6.04 Å². The van der Waals surface area contributed by atoms with Gasteiger partial charge in [-0.05, 0) is 36.4 Å². The van der Waals surface area contributed by atoms with Gasteiger partial charge in [0.25, 0.3) is 0 Å². The Morgan fingerprint density at radius 1 is 1.00 bits per heavy atom. The molecule has 1 heterocycles. The quantitative estimate of drug-likeness (QED) is 0.669. The van der Waals surface area contributed by atoms with Crippen molar-refractivity contribution in [2.75, 3.05) is 0 Å². The van der Waals surface area contributed by atoms with Crippen LogP contribution in [0.5, 0.6) is 0 Å². The summed E-state index contributed by atoms with van der Waals surface area (Å²) in [6.07, 6.45) is 0. The van der Waals surface area contributed by atoms with E-state index in [0.29, 0.717) is 5.69 Å². The van der Waals surface area contributed by atoms with Crippen LogP contribution in [0.2, 0.25) is 0 Å². The lowest BCUT2D eigenvalue weighted by atomic mass is 10.2. The molecule has 22 heavy (non-hydrogen) atoms. The van der Waals surface area contributed by atoms with Crippen LogP contribution < -0.4 is 0 Å². The number of para-hydroxylation sites is 1. The van der Waals surface area contributed by atoms with Crippen LogP contribution in [0.4, 0.5) is 5.69 Å². The summed E-state index contributed by atoms with van der Waals surface area (Å²) in [6, 6.07) is 17.8. The van der Waals surface area contributed by atoms with Gasteiger partial charge in [-0.15, -0.1) is 11.3 Å². The summed E-state index contributed by atoms with van der Waals surface area (Å²) in [4.78, 5) is 4.59. The summed E-state index contributed by atoms with van der Waals surface area (Å²) in [6.45, 7) is 0. The lowest BCUT2D eigenvalue weighted by Gasteiger charge is -1.96. The van der Waals surface area contributed by atoms with Gasteiger partial charge in [-0.3, -0.25) is 0 Å². The summed E-state index contributed by atoms with van der Waals surface area (Å²) in [5, 5.41) is 25.8. The first-order valence-corrected chi connectivity index (χ1v) is 7.28. The van der Waals surface area contributed by atoms with Gasteiger partial charge in [0, 0.05) is 5.56 Å². The summed E-state index contributed by atoms with van der Waals surface area (Å²) in [5.41, 5.74) is 2.58. The third-order valence-corrected chi connectivity index (χ3v) is 4.03. The lowest BCUT2D eigenvalue weighted by Crippen LogP contribution is -1.92. The molecule has 3 rings (SSSR count). The van der Waals surface area contributed by atoms with Gasteiger partial charge in [-0.1, -0.05) is 12.1 Å². The molecule has 0 radical (unpaired) electrons. The number of benzene rings is 2. The first kappa shape index (κ1) is 13.9. The van der Waals surface area contributed by atoms with Crippen molar-refractivity contribution in [3.63, 3.8) is 0 Å². The van der Waals surface area contributed by atoms with Crippen molar-refractivity contribution in [3.8, 4) is 22.7 Å². The predicted molar refractivity (Wildman–Crippen MR) is 84.6 cm³/mol. The molecule has 0 fully saturated rings. The van der Waals surface area contributed by atoms with Gasteiger partial charge in [0.2, 0.25) is 6.04 Å². The highest BCUT2D eigenvalue weighted by Crippen LogP contribution is 2.30. The number of azo groups is 1. The molecular formula is C16H9N5S. The fourth-order valence-corrected chi connectivity index (χ4v) is 2.84. The number of aromatic nitrogens is 1. The molecule has 0 amide bonds. The van der Waals surface area contributed by atoms with Gasteiger partial charge in [0.1, 0.15) is 17.1 Å². The molecule has 104 valence electrons. The second-order valence-electron chi connectivity index (χ2n) is 4.41. The third kappa shape index (κ3) is 2.83. The molecule has 0 saturated carbocycles. The molecule has 0 aliphatic carbocycles. The Hall–Kier alpha value is -3.09. The predicted octanol–water partition coefficient (Wildman–Crippen LogP) is 4.46. The number of thiazole rings is 1. The minimum Gasteiger partial charge on any atom is -0.236 e. The van der Waals surface area contributed by atoms with Gasteiger partial charge in [0.15, 0.2) is 0 Å². The summed E-state index contributed by atoms with van der Waals surface area (Å²) in [5.74, 6) is 0. The average Bonchev–Trinajstić information content (AvgIpc) is 3.00. The molecule has 0 unspecified atom stereocenters. The van der Waals surface area contributed by atoms with Crippen molar-refractivity contribution >= 4 is 27.2 Å². The third-order valence-electron chi connectivity index (χ3n) is 2.94.